The summed E-state index contributed by atoms with van der Waals surface area (Å²) in [6.07, 6.45) is 6.00. The summed E-state index contributed by atoms with van der Waals surface area (Å²) in [5.74, 6) is 0.544. The van der Waals surface area contributed by atoms with Crippen molar-refractivity contribution < 1.29 is 9.84 Å². The van der Waals surface area contributed by atoms with Crippen LogP contribution in [0, 0.1) is 0 Å². The molecular formula is C23H26N4O3. The molecule has 5 rings (SSSR count). The molecule has 2 fully saturated rings. The van der Waals surface area contributed by atoms with Crippen molar-refractivity contribution in [3.63, 3.8) is 0 Å². The van der Waals surface area contributed by atoms with Crippen molar-refractivity contribution in [3.8, 4) is 22.9 Å². The summed E-state index contributed by atoms with van der Waals surface area (Å²) in [5.41, 5.74) is 1.09. The smallest absolute Gasteiger partial charge is 0.258 e. The molecule has 0 amide bonds. The number of piperidine rings is 1. The van der Waals surface area contributed by atoms with E-state index in [9.17, 15) is 9.90 Å². The summed E-state index contributed by atoms with van der Waals surface area (Å²) in [5, 5.41) is 23.9. The lowest BCUT2D eigenvalue weighted by molar-refractivity contribution is 0.0754. The van der Waals surface area contributed by atoms with Crippen LogP contribution in [0.1, 0.15) is 39.5 Å². The fourth-order valence-electron chi connectivity index (χ4n) is 5.15. The van der Waals surface area contributed by atoms with Crippen molar-refractivity contribution in [3.05, 3.63) is 46.9 Å². The predicted molar refractivity (Wildman–Crippen MR) is 115 cm³/mol. The molecule has 0 aliphatic carbocycles. The van der Waals surface area contributed by atoms with Crippen LogP contribution in [-0.4, -0.2) is 37.1 Å². The minimum atomic E-state index is -0.121. The molecule has 7 heteroatoms. The molecule has 30 heavy (non-hydrogen) atoms. The number of benzene rings is 1. The highest BCUT2D eigenvalue weighted by molar-refractivity contribution is 5.89. The van der Waals surface area contributed by atoms with Crippen LogP contribution >= 0.6 is 0 Å². The van der Waals surface area contributed by atoms with Crippen molar-refractivity contribution in [1.82, 2.24) is 20.1 Å². The van der Waals surface area contributed by atoms with Crippen LogP contribution in [0.5, 0.6) is 11.6 Å². The zero-order chi connectivity index (χ0) is 21.1. The molecule has 2 N–H and O–H groups in total. The van der Waals surface area contributed by atoms with Crippen molar-refractivity contribution >= 4 is 10.8 Å². The second kappa shape index (κ2) is 6.54. The number of ether oxygens (including phenoxy) is 1. The van der Waals surface area contributed by atoms with E-state index in [0.717, 1.165) is 25.7 Å². The molecule has 0 radical (unpaired) electrons. The highest BCUT2D eigenvalue weighted by Crippen LogP contribution is 2.43. The number of nitrogens with one attached hydrogen (secondary N) is 1. The van der Waals surface area contributed by atoms with Gasteiger partial charge in [-0.3, -0.25) is 4.79 Å². The SMILES string of the molecule is Cn1ccc2cc(O)c(-c3ccc(OC4C[C@]5(C)CC[C@](C)(C4)N5)nn3)cc2c1=O. The van der Waals surface area contributed by atoms with Crippen molar-refractivity contribution in [2.75, 3.05) is 0 Å². The fraction of sp³-hybridized carbons (Fsp3) is 0.435. The van der Waals surface area contributed by atoms with Gasteiger partial charge in [-0.25, -0.2) is 0 Å². The molecule has 4 heterocycles. The Morgan fingerprint density at radius 1 is 1.13 bits per heavy atom. The average Bonchev–Trinajstić information content (AvgIpc) is 2.92. The maximum absolute atomic E-state index is 12.4. The van der Waals surface area contributed by atoms with E-state index in [0.29, 0.717) is 27.9 Å². The third-order valence-electron chi connectivity index (χ3n) is 6.59. The van der Waals surface area contributed by atoms with Gasteiger partial charge in [0, 0.05) is 54.2 Å². The molecule has 1 aromatic carbocycles. The van der Waals surface area contributed by atoms with Gasteiger partial charge < -0.3 is 19.7 Å². The van der Waals surface area contributed by atoms with Gasteiger partial charge in [0.2, 0.25) is 5.88 Å². The Balaban J connectivity index is 1.41. The minimum absolute atomic E-state index is 0.0644. The van der Waals surface area contributed by atoms with E-state index in [2.05, 4.69) is 29.4 Å². The number of aromatic hydroxyl groups is 1. The number of pyridine rings is 1. The third kappa shape index (κ3) is 3.23. The number of aryl methyl sites for hydroxylation is 1. The van der Waals surface area contributed by atoms with Gasteiger partial charge in [-0.05, 0) is 56.3 Å². The molecule has 3 aromatic rings. The Kier molecular flexibility index (Phi) is 4.15. The monoisotopic (exact) mass is 406 g/mol. The zero-order valence-corrected chi connectivity index (χ0v) is 17.5. The molecule has 7 nitrogen and oxygen atoms in total. The van der Waals surface area contributed by atoms with Crippen LogP contribution in [-0.2, 0) is 7.05 Å². The summed E-state index contributed by atoms with van der Waals surface area (Å²) >= 11 is 0. The van der Waals surface area contributed by atoms with Gasteiger partial charge in [-0.2, -0.15) is 0 Å². The Morgan fingerprint density at radius 3 is 2.53 bits per heavy atom. The van der Waals surface area contributed by atoms with Gasteiger partial charge in [-0.15, -0.1) is 10.2 Å². The molecule has 156 valence electrons. The topological polar surface area (TPSA) is 89.3 Å². The van der Waals surface area contributed by atoms with Crippen LogP contribution < -0.4 is 15.6 Å². The number of nitrogens with zero attached hydrogens (tertiary/aromatic N) is 3. The molecule has 2 aromatic heterocycles. The highest BCUT2D eigenvalue weighted by Gasteiger charge is 2.49. The molecule has 0 spiro atoms. The Bertz CT molecular complexity index is 1170. The summed E-state index contributed by atoms with van der Waals surface area (Å²) in [7, 11) is 1.70. The van der Waals surface area contributed by atoms with Crippen LogP contribution in [0.3, 0.4) is 0 Å². The lowest BCUT2D eigenvalue weighted by Crippen LogP contribution is -2.56. The Morgan fingerprint density at radius 2 is 1.87 bits per heavy atom. The molecule has 0 saturated carbocycles. The van der Waals surface area contributed by atoms with Gasteiger partial charge in [0.25, 0.3) is 5.56 Å². The maximum Gasteiger partial charge on any atom is 0.258 e. The van der Waals surface area contributed by atoms with Crippen LogP contribution in [0.2, 0.25) is 0 Å². The number of hydrogen-bond acceptors (Lipinski definition) is 6. The second-order valence-corrected chi connectivity index (χ2v) is 9.34. The number of fused-ring (bicyclic) bond motifs is 3. The van der Waals surface area contributed by atoms with Crippen LogP contribution in [0.15, 0.2) is 41.3 Å². The summed E-state index contributed by atoms with van der Waals surface area (Å²) in [6, 6.07) is 8.61. The van der Waals surface area contributed by atoms with Gasteiger partial charge in [0.1, 0.15) is 11.9 Å². The molecule has 3 atom stereocenters. The van der Waals surface area contributed by atoms with Crippen molar-refractivity contribution in [2.45, 2.75) is 56.7 Å². The molecule has 1 unspecified atom stereocenters. The minimum Gasteiger partial charge on any atom is -0.507 e. The maximum atomic E-state index is 12.4. The highest BCUT2D eigenvalue weighted by atomic mass is 16.5. The summed E-state index contributed by atoms with van der Waals surface area (Å²) < 4.78 is 7.68. The summed E-state index contributed by atoms with van der Waals surface area (Å²) in [4.78, 5) is 12.4. The second-order valence-electron chi connectivity index (χ2n) is 9.34. The Labute approximate surface area is 174 Å². The van der Waals surface area contributed by atoms with Crippen molar-refractivity contribution in [1.29, 1.82) is 0 Å². The quantitative estimate of drug-likeness (QED) is 0.695. The van der Waals surface area contributed by atoms with Gasteiger partial charge in [0.15, 0.2) is 0 Å². The van der Waals surface area contributed by atoms with E-state index >= 15 is 0 Å². The van der Waals surface area contributed by atoms with E-state index < -0.39 is 0 Å². The van der Waals surface area contributed by atoms with E-state index in [1.165, 1.54) is 4.57 Å². The summed E-state index contributed by atoms with van der Waals surface area (Å²) in [6.45, 7) is 4.52. The Hall–Kier alpha value is -2.93. The first kappa shape index (κ1) is 19.1. The van der Waals surface area contributed by atoms with Gasteiger partial charge in [0.05, 0.1) is 5.69 Å². The lowest BCUT2D eigenvalue weighted by Gasteiger charge is -2.41. The van der Waals surface area contributed by atoms with Crippen LogP contribution in [0.25, 0.3) is 22.0 Å². The predicted octanol–water partition coefficient (Wildman–Crippen LogP) is 3.14. The third-order valence-corrected chi connectivity index (χ3v) is 6.59. The van der Waals surface area contributed by atoms with E-state index in [-0.39, 0.29) is 28.5 Å². The molecule has 2 aliphatic heterocycles. The standard InChI is InChI=1S/C23H26N4O3/c1-22-7-8-23(2,26-22)13-15(12-22)30-20-5-4-18(24-25-20)17-11-16-14(10-19(17)28)6-9-27(3)21(16)29/h4-6,9-11,15,26,28H,7-8,12-13H2,1-3H3/t15?,22-,23+. The lowest BCUT2D eigenvalue weighted by atomic mass is 9.86. The first-order chi connectivity index (χ1) is 14.2. The number of phenolic OH excluding ortho intramolecular Hbond substituents is 1. The largest absolute Gasteiger partial charge is 0.507 e. The van der Waals surface area contributed by atoms with E-state index in [1.54, 1.807) is 43.6 Å². The first-order valence-electron chi connectivity index (χ1n) is 10.4. The van der Waals surface area contributed by atoms with E-state index in [4.69, 9.17) is 4.74 Å². The van der Waals surface area contributed by atoms with Crippen molar-refractivity contribution in [2.24, 2.45) is 7.05 Å². The molecule has 2 bridgehead atoms. The number of phenols is 1. The first-order valence-corrected chi connectivity index (χ1v) is 10.4. The number of rotatable bonds is 3. The molecule has 2 saturated heterocycles. The van der Waals surface area contributed by atoms with Crippen LogP contribution in [0.4, 0.5) is 0 Å². The zero-order valence-electron chi connectivity index (χ0n) is 17.5. The van der Waals surface area contributed by atoms with Gasteiger partial charge in [-0.1, -0.05) is 0 Å². The normalized spacial score (nSPS) is 28.0. The van der Waals surface area contributed by atoms with Gasteiger partial charge >= 0.3 is 0 Å². The number of hydrogen-bond donors (Lipinski definition) is 2. The number of aromatic nitrogens is 3. The molecular weight excluding hydrogens is 380 g/mol. The average molecular weight is 406 g/mol. The van der Waals surface area contributed by atoms with E-state index in [1.807, 2.05) is 0 Å². The molecule has 2 aliphatic rings. The fourth-order valence-corrected chi connectivity index (χ4v) is 5.15.